The van der Waals surface area contributed by atoms with Crippen molar-refractivity contribution in [3.63, 3.8) is 0 Å². The fourth-order valence-corrected chi connectivity index (χ4v) is 2.61. The maximum absolute atomic E-state index is 14.3. The molecule has 5 heteroatoms. The molecule has 3 nitrogen and oxygen atoms in total. The highest BCUT2D eigenvalue weighted by Crippen LogP contribution is 2.38. The maximum atomic E-state index is 14.3. The smallest absolute Gasteiger partial charge is 0.434 e. The molecule has 3 rings (SSSR count). The van der Waals surface area contributed by atoms with Crippen LogP contribution in [0.25, 0.3) is 21.5 Å². The van der Waals surface area contributed by atoms with Crippen LogP contribution in [0.4, 0.5) is 13.6 Å². The molecule has 124 valence electrons. The summed E-state index contributed by atoms with van der Waals surface area (Å²) >= 11 is 0. The maximum Gasteiger partial charge on any atom is 0.513 e. The normalized spacial score (nSPS) is 11.0. The Hall–Kier alpha value is -2.69. The molecule has 0 saturated carbocycles. The van der Waals surface area contributed by atoms with E-state index in [4.69, 9.17) is 9.47 Å². The molecular weight excluding hydrogens is 314 g/mol. The van der Waals surface area contributed by atoms with Gasteiger partial charge in [-0.05, 0) is 35.4 Å². The molecule has 0 unspecified atom stereocenters. The van der Waals surface area contributed by atoms with E-state index < -0.39 is 17.8 Å². The quantitative estimate of drug-likeness (QED) is 0.271. The summed E-state index contributed by atoms with van der Waals surface area (Å²) in [5.74, 6) is -1.33. The van der Waals surface area contributed by atoms with Crippen molar-refractivity contribution in [3.8, 4) is 5.75 Å². The molecule has 24 heavy (non-hydrogen) atoms. The Kier molecular flexibility index (Phi) is 4.60. The number of ether oxygens (including phenoxy) is 2. The van der Waals surface area contributed by atoms with Gasteiger partial charge in [0.05, 0.1) is 17.4 Å². The van der Waals surface area contributed by atoms with E-state index in [0.29, 0.717) is 17.2 Å². The summed E-state index contributed by atoms with van der Waals surface area (Å²) in [6.45, 7) is 2.15. The van der Waals surface area contributed by atoms with E-state index >= 15 is 0 Å². The number of hydrogen-bond acceptors (Lipinski definition) is 3. The number of carbonyl (C=O) groups is 1. The van der Waals surface area contributed by atoms with Crippen LogP contribution in [0.2, 0.25) is 0 Å². The minimum Gasteiger partial charge on any atom is -0.434 e. The summed E-state index contributed by atoms with van der Waals surface area (Å²) in [5, 5.41) is 1.15. The predicted molar refractivity (Wildman–Crippen MR) is 88.3 cm³/mol. The highest BCUT2D eigenvalue weighted by Gasteiger charge is 2.19. The first-order chi connectivity index (χ1) is 11.6. The van der Waals surface area contributed by atoms with Crippen molar-refractivity contribution in [2.24, 2.45) is 0 Å². The van der Waals surface area contributed by atoms with Gasteiger partial charge >= 0.3 is 6.16 Å². The first kappa shape index (κ1) is 16.2. The van der Waals surface area contributed by atoms with Crippen LogP contribution in [0, 0.1) is 11.6 Å². The number of rotatable bonds is 4. The molecule has 0 radical (unpaired) electrons. The lowest BCUT2D eigenvalue weighted by Gasteiger charge is -2.13. The van der Waals surface area contributed by atoms with Crippen LogP contribution >= 0.6 is 0 Å². The SMILES string of the molecule is CCCCOC(=O)Oc1c2c(F)cccc2cc2cccc(F)c12. The first-order valence-electron chi connectivity index (χ1n) is 7.76. The van der Waals surface area contributed by atoms with E-state index in [2.05, 4.69) is 0 Å². The molecule has 0 N–H and O–H groups in total. The minimum absolute atomic E-state index is 0.0579. The molecule has 0 fully saturated rings. The van der Waals surface area contributed by atoms with Crippen LogP contribution in [-0.2, 0) is 4.74 Å². The van der Waals surface area contributed by atoms with Gasteiger partial charge in [-0.3, -0.25) is 0 Å². The first-order valence-corrected chi connectivity index (χ1v) is 7.76. The van der Waals surface area contributed by atoms with Gasteiger partial charge in [-0.25, -0.2) is 13.6 Å². The molecule has 0 atom stereocenters. The molecule has 0 aliphatic carbocycles. The van der Waals surface area contributed by atoms with Gasteiger partial charge in [-0.15, -0.1) is 0 Å². The van der Waals surface area contributed by atoms with Gasteiger partial charge in [0.25, 0.3) is 0 Å². The van der Waals surface area contributed by atoms with Gasteiger partial charge in [-0.2, -0.15) is 0 Å². The lowest BCUT2D eigenvalue weighted by molar-refractivity contribution is 0.0987. The second-order valence-corrected chi connectivity index (χ2v) is 5.44. The molecule has 3 aromatic rings. The lowest BCUT2D eigenvalue weighted by Crippen LogP contribution is -2.12. The van der Waals surface area contributed by atoms with E-state index in [1.54, 1.807) is 30.3 Å². The number of benzene rings is 3. The summed E-state index contributed by atoms with van der Waals surface area (Å²) < 4.78 is 38.8. The summed E-state index contributed by atoms with van der Waals surface area (Å²) in [4.78, 5) is 11.9. The second kappa shape index (κ2) is 6.83. The average molecular weight is 330 g/mol. The molecule has 0 bridgehead atoms. The van der Waals surface area contributed by atoms with Crippen molar-refractivity contribution < 1.29 is 23.0 Å². The highest BCUT2D eigenvalue weighted by molar-refractivity contribution is 6.06. The molecule has 0 spiro atoms. The Morgan fingerprint density at radius 1 is 1.00 bits per heavy atom. The molecule has 0 heterocycles. The summed E-state index contributed by atoms with van der Waals surface area (Å²) in [6.07, 6.45) is 0.575. The third-order valence-corrected chi connectivity index (χ3v) is 3.76. The monoisotopic (exact) mass is 330 g/mol. The molecule has 0 aliphatic rings. The van der Waals surface area contributed by atoms with Crippen molar-refractivity contribution in [1.82, 2.24) is 0 Å². The zero-order chi connectivity index (χ0) is 17.1. The lowest BCUT2D eigenvalue weighted by atomic mass is 10.0. The predicted octanol–water partition coefficient (Wildman–Crippen LogP) is 5.59. The largest absolute Gasteiger partial charge is 0.513 e. The van der Waals surface area contributed by atoms with Crippen LogP contribution in [-0.4, -0.2) is 12.8 Å². The van der Waals surface area contributed by atoms with Crippen molar-refractivity contribution in [2.75, 3.05) is 6.61 Å². The van der Waals surface area contributed by atoms with E-state index in [9.17, 15) is 13.6 Å². The standard InChI is InChI=1S/C19H16F2O3/c1-2-3-10-23-19(22)24-18-16-12(6-4-8-14(16)20)11-13-7-5-9-15(21)17(13)18/h4-9,11H,2-3,10H2,1H3. The van der Waals surface area contributed by atoms with E-state index in [-0.39, 0.29) is 23.1 Å². The van der Waals surface area contributed by atoms with Crippen molar-refractivity contribution in [2.45, 2.75) is 19.8 Å². The zero-order valence-electron chi connectivity index (χ0n) is 13.1. The van der Waals surface area contributed by atoms with Gasteiger partial charge in [-0.1, -0.05) is 37.6 Å². The van der Waals surface area contributed by atoms with Gasteiger partial charge in [0.1, 0.15) is 11.6 Å². The van der Waals surface area contributed by atoms with E-state index in [1.807, 2.05) is 6.92 Å². The number of halogens is 2. The topological polar surface area (TPSA) is 35.5 Å². The number of fused-ring (bicyclic) bond motifs is 2. The van der Waals surface area contributed by atoms with Crippen LogP contribution in [0.15, 0.2) is 42.5 Å². The number of unbranched alkanes of at least 4 members (excludes halogenated alkanes) is 1. The fraction of sp³-hybridized carbons (Fsp3) is 0.211. The van der Waals surface area contributed by atoms with E-state index in [1.165, 1.54) is 12.1 Å². The van der Waals surface area contributed by atoms with Gasteiger partial charge in [0, 0.05) is 0 Å². The van der Waals surface area contributed by atoms with Crippen LogP contribution in [0.5, 0.6) is 5.75 Å². The van der Waals surface area contributed by atoms with Crippen molar-refractivity contribution in [1.29, 1.82) is 0 Å². The molecule has 3 aromatic carbocycles. The van der Waals surface area contributed by atoms with E-state index in [0.717, 1.165) is 6.42 Å². The summed E-state index contributed by atoms with van der Waals surface area (Å²) in [6, 6.07) is 10.6. The molecular formula is C19H16F2O3. The van der Waals surface area contributed by atoms with Crippen molar-refractivity contribution >= 4 is 27.7 Å². The summed E-state index contributed by atoms with van der Waals surface area (Å²) in [7, 11) is 0. The number of hydrogen-bond donors (Lipinski definition) is 0. The Balaban J connectivity index is 2.16. The molecule has 0 aromatic heterocycles. The molecule has 0 aliphatic heterocycles. The van der Waals surface area contributed by atoms with Crippen molar-refractivity contribution in [3.05, 3.63) is 54.1 Å². The highest BCUT2D eigenvalue weighted by atomic mass is 19.1. The molecule has 0 saturated heterocycles. The Bertz CT molecular complexity index is 846. The Morgan fingerprint density at radius 2 is 1.58 bits per heavy atom. The van der Waals surface area contributed by atoms with Gasteiger partial charge in [0.15, 0.2) is 5.75 Å². The van der Waals surface area contributed by atoms with Crippen LogP contribution < -0.4 is 4.74 Å². The summed E-state index contributed by atoms with van der Waals surface area (Å²) in [5.41, 5.74) is 0. The van der Waals surface area contributed by atoms with Gasteiger partial charge < -0.3 is 9.47 Å². The minimum atomic E-state index is -0.969. The average Bonchev–Trinajstić information content (AvgIpc) is 2.55. The Labute approximate surface area is 137 Å². The fourth-order valence-electron chi connectivity index (χ4n) is 2.61. The Morgan fingerprint density at radius 3 is 2.12 bits per heavy atom. The second-order valence-electron chi connectivity index (χ2n) is 5.44. The third kappa shape index (κ3) is 3.02. The van der Waals surface area contributed by atoms with Gasteiger partial charge in [0.2, 0.25) is 0 Å². The van der Waals surface area contributed by atoms with Crippen LogP contribution in [0.3, 0.4) is 0 Å². The van der Waals surface area contributed by atoms with Crippen LogP contribution in [0.1, 0.15) is 19.8 Å². The third-order valence-electron chi connectivity index (χ3n) is 3.76. The number of carbonyl (C=O) groups excluding carboxylic acids is 1. The zero-order valence-corrected chi connectivity index (χ0v) is 13.1. The molecule has 0 amide bonds.